The van der Waals surface area contributed by atoms with Crippen molar-refractivity contribution in [2.24, 2.45) is 0 Å². The van der Waals surface area contributed by atoms with Crippen LogP contribution in [0, 0.1) is 13.0 Å². The van der Waals surface area contributed by atoms with Crippen molar-refractivity contribution in [1.82, 2.24) is 4.72 Å². The molecule has 0 aromatic heterocycles. The maximum Gasteiger partial charge on any atom is 1.00 e. The van der Waals surface area contributed by atoms with Crippen molar-refractivity contribution in [3.63, 3.8) is 0 Å². The third kappa shape index (κ3) is 31.5. The third-order valence-corrected chi connectivity index (χ3v) is 24.8. The Balaban J connectivity index is 0.000000401. The van der Waals surface area contributed by atoms with Crippen molar-refractivity contribution in [2.45, 2.75) is 171 Å². The molecule has 2 aliphatic carbocycles. The van der Waals surface area contributed by atoms with E-state index in [2.05, 4.69) is 164 Å². The summed E-state index contributed by atoms with van der Waals surface area (Å²) in [6.45, 7) is 26.8. The summed E-state index contributed by atoms with van der Waals surface area (Å²) in [7, 11) is -22.1. The van der Waals surface area contributed by atoms with Crippen molar-refractivity contribution in [3.8, 4) is 44.9 Å². The van der Waals surface area contributed by atoms with Gasteiger partial charge < -0.3 is 37.8 Å². The van der Waals surface area contributed by atoms with E-state index in [4.69, 9.17) is 21.5 Å². The summed E-state index contributed by atoms with van der Waals surface area (Å²) in [5.41, 5.74) is 22.2. The number of para-hydroxylation sites is 4. The van der Waals surface area contributed by atoms with Crippen LogP contribution in [0.15, 0.2) is 254 Å². The number of anilines is 5. The van der Waals surface area contributed by atoms with Crippen molar-refractivity contribution in [1.29, 1.82) is 0 Å². The average molecular weight is 1950 g/mol. The first-order valence-corrected chi connectivity index (χ1v) is 51.5. The van der Waals surface area contributed by atoms with E-state index in [0.29, 0.717) is 83.7 Å². The number of benzene rings is 12. The van der Waals surface area contributed by atoms with Crippen LogP contribution in [0.3, 0.4) is 0 Å². The molecule has 6 N–H and O–H groups in total. The first kappa shape index (κ1) is 116. The molecule has 2 heterocycles. The minimum absolute atomic E-state index is 0. The van der Waals surface area contributed by atoms with E-state index in [-0.39, 0.29) is 94.2 Å². The first-order chi connectivity index (χ1) is 61.8. The average Bonchev–Trinajstić information content (AvgIpc) is 0.744. The third-order valence-electron chi connectivity index (χ3n) is 20.8. The van der Waals surface area contributed by atoms with Gasteiger partial charge in [-0.15, -0.1) is 43.0 Å². The summed E-state index contributed by atoms with van der Waals surface area (Å²) in [6, 6.07) is 73.6. The Kier molecular flexibility index (Phi) is 46.4. The number of fused-ring (bicyclic) bond motifs is 4. The summed E-state index contributed by atoms with van der Waals surface area (Å²) in [4.78, 5) is 6.45. The molecule has 0 radical (unpaired) electrons. The zero-order valence-corrected chi connectivity index (χ0v) is 86.4. The summed E-state index contributed by atoms with van der Waals surface area (Å²) in [5.74, 6) is 1.14. The van der Waals surface area contributed by atoms with Crippen LogP contribution in [-0.4, -0.2) is 87.9 Å². The monoisotopic (exact) mass is 1950 g/mol. The maximum absolute atomic E-state index is 12.5. The van der Waals surface area contributed by atoms with Crippen molar-refractivity contribution in [3.05, 3.63) is 309 Å². The molecule has 0 saturated carbocycles. The van der Waals surface area contributed by atoms with E-state index < -0.39 is 61.0 Å². The minimum atomic E-state index is -4.75. The Bertz CT molecular complexity index is 6830. The Morgan fingerprint density at radius 3 is 1.04 bits per heavy atom. The van der Waals surface area contributed by atoms with Crippen LogP contribution in [-0.2, 0) is 112 Å². The fraction of sp³-hybridized carbons (Fsp3) is 0.255. The van der Waals surface area contributed by atoms with E-state index >= 15 is 0 Å². The molecule has 32 heteroatoms. The van der Waals surface area contributed by atoms with Gasteiger partial charge in [0.1, 0.15) is 53.0 Å². The minimum Gasteiger partial charge on any atom is -0.744 e. The fourth-order valence-corrected chi connectivity index (χ4v) is 17.3. The number of nitrogens with one attached hydrogen (secondary N) is 6. The van der Waals surface area contributed by atoms with Crippen LogP contribution in [0.25, 0.3) is 79.0 Å². The number of hydrogen-bond acceptors (Lipinski definition) is 20. The topological polar surface area (TPSA) is 393 Å². The summed E-state index contributed by atoms with van der Waals surface area (Å²) >= 11 is 0. The Labute approximate surface area is 837 Å². The molecule has 14 rings (SSSR count). The Morgan fingerprint density at radius 1 is 0.388 bits per heavy atom. The zero-order valence-electron chi connectivity index (χ0n) is 77.5. The SMILES string of the molecule is C.C.CC.CC.CCc1cccc(CC)c1Nc1ccc2c(-c3ccccc3S(=O)(=O)[O-])c3ccc(=[NH+]c4c(CC)cccc4CC)cc-3oc2c1.CCc1cccc(CC)c1Nc1ccc2c(-c3ccccc3S(=O)(=O)[O-])c3ccc(=[NH+]c4c(CC)cccc4CC)cc-3oc2c1.CNS(C)(=O)=O.Cc1ccc(C=Cc2[c-]cc(NS(C)(=O)=O)cc2)c(S(=O)(=O)[O-])c1.O=S(=O)=O.[Na+].[Na+]. The van der Waals surface area contributed by atoms with Crippen LogP contribution in [0.5, 0.6) is 0 Å². The van der Waals surface area contributed by atoms with E-state index in [0.717, 1.165) is 109 Å². The predicted molar refractivity (Wildman–Crippen MR) is 529 cm³/mol. The molecular weight excluding hydrogens is 1840 g/mol. The molecule has 0 unspecified atom stereocenters. The quantitative estimate of drug-likeness (QED) is 0.0108. The standard InChI is InChI=1S/2C39H38N2O4S.C16H16NO5S2.C2H7NO2S.2C2H6.2CH4.2Na.O3S/c2*1-5-25-13-11-14-26(6-2)38(25)40-29-19-21-31-34(23-29)45-35-24-30(41-39-27(7-3)15-12-16-28(39)8-4)20-22-32(35)37(31)33-17-9-10-18-36(33)46(42,43)44;1-12-3-7-14(16(11-12)24(20,21)22)8-4-13-5-9-15(10-6-13)17-23(2,18)19;1-3-6(2,4)5;2*1-2;;;;;1-4(2)3/h2*9-24,40H,5-8H2,1-4H3,(H,42,43,44);3-5,7-11,17H,1-2H3,(H,20,21,22);3H,1-2H3;2*1-2H3;2*1H4;;;/q;;-1;;;;;;2*+1;/p-1. The van der Waals surface area contributed by atoms with Crippen LogP contribution in [0.2, 0.25) is 0 Å². The van der Waals surface area contributed by atoms with Gasteiger partial charge in [0.05, 0.1) is 39.3 Å². The van der Waals surface area contributed by atoms with Gasteiger partial charge in [0.25, 0.3) is 0 Å². The second kappa shape index (κ2) is 53.4. The summed E-state index contributed by atoms with van der Waals surface area (Å²) < 4.78 is 194. The van der Waals surface area contributed by atoms with E-state index in [1.807, 2.05) is 100 Å². The van der Waals surface area contributed by atoms with Crippen LogP contribution < -0.4 is 99.9 Å². The predicted octanol–water partition coefficient (Wildman–Crippen LogP) is 12.6. The molecule has 4 aliphatic rings. The molecule has 24 nitrogen and oxygen atoms in total. The number of aryl methyl sites for hydroxylation is 9. The molecule has 0 amide bonds. The molecule has 2 aliphatic heterocycles. The first-order valence-electron chi connectivity index (χ1n) is 42.5. The normalized spacial score (nSPS) is 11.4. The Morgan fingerprint density at radius 2 is 0.724 bits per heavy atom. The molecule has 0 bridgehead atoms. The molecule has 0 fully saturated rings. The van der Waals surface area contributed by atoms with E-state index in [9.17, 15) is 55.7 Å². The molecule has 10 aromatic rings. The number of rotatable bonds is 24. The molecule has 702 valence electrons. The summed E-state index contributed by atoms with van der Waals surface area (Å²) in [6.07, 6.45) is 12.3. The van der Waals surface area contributed by atoms with Crippen molar-refractivity contribution < 1.29 is 146 Å². The van der Waals surface area contributed by atoms with Gasteiger partial charge in [-0.3, -0.25) is 0 Å². The zero-order chi connectivity index (χ0) is 95.6. The van der Waals surface area contributed by atoms with Gasteiger partial charge in [-0.1, -0.05) is 225 Å². The Hall–Kier alpha value is -10.1. The van der Waals surface area contributed by atoms with Gasteiger partial charge in [-0.05, 0) is 159 Å². The van der Waals surface area contributed by atoms with Crippen LogP contribution >= 0.6 is 0 Å². The summed E-state index contributed by atoms with van der Waals surface area (Å²) in [5, 5.41) is 10.4. The van der Waals surface area contributed by atoms with Gasteiger partial charge in [0.15, 0.2) is 0 Å². The molecule has 10 aromatic carbocycles. The molecule has 134 heavy (non-hydrogen) atoms. The van der Waals surface area contributed by atoms with Crippen LogP contribution in [0.1, 0.15) is 159 Å². The van der Waals surface area contributed by atoms with E-state index in [1.54, 1.807) is 73.7 Å². The molecular formula is C102H118N6Na2O18S6. The maximum atomic E-state index is 12.5. The second-order valence-electron chi connectivity index (χ2n) is 29.2. The molecule has 0 atom stereocenters. The number of hydrogen-bond donors (Lipinski definition) is 6. The van der Waals surface area contributed by atoms with Crippen LogP contribution in [0.4, 0.5) is 39.8 Å². The van der Waals surface area contributed by atoms with Gasteiger partial charge in [-0.2, -0.15) is 5.56 Å². The van der Waals surface area contributed by atoms with Gasteiger partial charge >= 0.3 is 69.7 Å². The van der Waals surface area contributed by atoms with E-state index in [1.165, 1.54) is 81.9 Å². The largest absolute Gasteiger partial charge is 1.00 e. The molecule has 0 spiro atoms. The second-order valence-corrected chi connectivity index (χ2v) is 37.4. The molecule has 0 saturated heterocycles. The fourth-order valence-electron chi connectivity index (χ4n) is 14.6. The van der Waals surface area contributed by atoms with Gasteiger partial charge in [0.2, 0.25) is 42.1 Å². The smallest absolute Gasteiger partial charge is 0.744 e. The van der Waals surface area contributed by atoms with Crippen molar-refractivity contribution >= 4 is 135 Å². The van der Waals surface area contributed by atoms with Crippen molar-refractivity contribution in [2.75, 3.05) is 34.9 Å². The van der Waals surface area contributed by atoms with Gasteiger partial charge in [-0.25, -0.2) is 56.8 Å². The number of sulfonamides is 2. The van der Waals surface area contributed by atoms with Gasteiger partial charge in [0, 0.05) is 113 Å².